The maximum Gasteiger partial charge on any atom is 0.0646 e. The van der Waals surface area contributed by atoms with Crippen LogP contribution in [0.3, 0.4) is 0 Å². The Morgan fingerprint density at radius 1 is 1.53 bits per heavy atom. The van der Waals surface area contributed by atoms with Gasteiger partial charge in [0.1, 0.15) is 0 Å². The Morgan fingerprint density at radius 2 is 2.33 bits per heavy atom. The van der Waals surface area contributed by atoms with Gasteiger partial charge in [0.25, 0.3) is 0 Å². The zero-order chi connectivity index (χ0) is 11.1. The fourth-order valence-electron chi connectivity index (χ4n) is 2.23. The largest absolute Gasteiger partial charge is 0.379 e. The Hall–Kier alpha value is -0.340. The van der Waals surface area contributed by atoms with Gasteiger partial charge in [-0.15, -0.1) is 6.58 Å². The molecule has 88 valence electrons. The SMILES string of the molecule is C=CCCC(CCC)NC1(C)CCOC1. The predicted molar refractivity (Wildman–Crippen MR) is 65.1 cm³/mol. The van der Waals surface area contributed by atoms with Gasteiger partial charge in [0.2, 0.25) is 0 Å². The van der Waals surface area contributed by atoms with Crippen LogP contribution in [0.4, 0.5) is 0 Å². The van der Waals surface area contributed by atoms with Gasteiger partial charge >= 0.3 is 0 Å². The van der Waals surface area contributed by atoms with Crippen molar-refractivity contribution in [3.63, 3.8) is 0 Å². The van der Waals surface area contributed by atoms with E-state index in [4.69, 9.17) is 4.74 Å². The third kappa shape index (κ3) is 4.35. The molecule has 1 heterocycles. The number of rotatable bonds is 7. The molecule has 1 aliphatic heterocycles. The second-order valence-corrected chi connectivity index (χ2v) is 4.86. The summed E-state index contributed by atoms with van der Waals surface area (Å²) >= 11 is 0. The molecule has 1 saturated heterocycles. The summed E-state index contributed by atoms with van der Waals surface area (Å²) in [5, 5.41) is 3.76. The summed E-state index contributed by atoms with van der Waals surface area (Å²) in [5.74, 6) is 0. The second kappa shape index (κ2) is 6.29. The summed E-state index contributed by atoms with van der Waals surface area (Å²) in [7, 11) is 0. The molecular weight excluding hydrogens is 186 g/mol. The van der Waals surface area contributed by atoms with Crippen LogP contribution in [0.1, 0.15) is 46.0 Å². The van der Waals surface area contributed by atoms with Gasteiger partial charge in [0.05, 0.1) is 6.61 Å². The maximum atomic E-state index is 5.46. The number of ether oxygens (including phenoxy) is 1. The quantitative estimate of drug-likeness (QED) is 0.654. The summed E-state index contributed by atoms with van der Waals surface area (Å²) in [6, 6.07) is 0.625. The third-order valence-electron chi connectivity index (χ3n) is 3.13. The Morgan fingerprint density at radius 3 is 2.87 bits per heavy atom. The predicted octanol–water partition coefficient (Wildman–Crippen LogP) is 2.89. The Balaban J connectivity index is 2.37. The Kier molecular flexibility index (Phi) is 5.34. The van der Waals surface area contributed by atoms with E-state index in [-0.39, 0.29) is 5.54 Å². The molecule has 2 unspecified atom stereocenters. The van der Waals surface area contributed by atoms with Gasteiger partial charge in [-0.05, 0) is 32.6 Å². The summed E-state index contributed by atoms with van der Waals surface area (Å²) in [5.41, 5.74) is 0.209. The van der Waals surface area contributed by atoms with Gasteiger partial charge in [-0.2, -0.15) is 0 Å². The van der Waals surface area contributed by atoms with E-state index in [0.717, 1.165) is 26.1 Å². The average Bonchev–Trinajstić information content (AvgIpc) is 2.62. The van der Waals surface area contributed by atoms with Crippen LogP contribution in [0.25, 0.3) is 0 Å². The van der Waals surface area contributed by atoms with Crippen molar-refractivity contribution >= 4 is 0 Å². The van der Waals surface area contributed by atoms with E-state index in [1.165, 1.54) is 19.3 Å². The first kappa shape index (κ1) is 12.7. The van der Waals surface area contributed by atoms with Crippen molar-refractivity contribution in [3.05, 3.63) is 12.7 Å². The van der Waals surface area contributed by atoms with Crippen LogP contribution in [0.5, 0.6) is 0 Å². The van der Waals surface area contributed by atoms with Crippen molar-refractivity contribution in [1.82, 2.24) is 5.32 Å². The van der Waals surface area contributed by atoms with Gasteiger partial charge in [-0.1, -0.05) is 19.4 Å². The first-order valence-electron chi connectivity index (χ1n) is 6.16. The molecule has 15 heavy (non-hydrogen) atoms. The van der Waals surface area contributed by atoms with Crippen LogP contribution in [0, 0.1) is 0 Å². The minimum absolute atomic E-state index is 0.209. The van der Waals surface area contributed by atoms with Gasteiger partial charge in [-0.25, -0.2) is 0 Å². The van der Waals surface area contributed by atoms with Crippen LogP contribution in [0.15, 0.2) is 12.7 Å². The Labute approximate surface area is 94.1 Å². The van der Waals surface area contributed by atoms with Crippen LogP contribution >= 0.6 is 0 Å². The van der Waals surface area contributed by atoms with Gasteiger partial charge in [0.15, 0.2) is 0 Å². The second-order valence-electron chi connectivity index (χ2n) is 4.86. The molecule has 2 heteroatoms. The van der Waals surface area contributed by atoms with Crippen molar-refractivity contribution in [2.24, 2.45) is 0 Å². The summed E-state index contributed by atoms with van der Waals surface area (Å²) in [4.78, 5) is 0. The first-order chi connectivity index (χ1) is 7.20. The summed E-state index contributed by atoms with van der Waals surface area (Å²) < 4.78 is 5.46. The van der Waals surface area contributed by atoms with E-state index in [0.29, 0.717) is 6.04 Å². The lowest BCUT2D eigenvalue weighted by atomic mass is 9.97. The van der Waals surface area contributed by atoms with Gasteiger partial charge < -0.3 is 10.1 Å². The van der Waals surface area contributed by atoms with Crippen LogP contribution < -0.4 is 5.32 Å². The normalized spacial score (nSPS) is 27.9. The highest BCUT2D eigenvalue weighted by atomic mass is 16.5. The highest BCUT2D eigenvalue weighted by Gasteiger charge is 2.31. The monoisotopic (exact) mass is 211 g/mol. The molecule has 1 N–H and O–H groups in total. The van der Waals surface area contributed by atoms with Crippen LogP contribution in [-0.2, 0) is 4.74 Å². The van der Waals surface area contributed by atoms with E-state index in [2.05, 4.69) is 25.7 Å². The summed E-state index contributed by atoms with van der Waals surface area (Å²) in [6.45, 7) is 10.1. The maximum absolute atomic E-state index is 5.46. The average molecular weight is 211 g/mol. The molecule has 0 bridgehead atoms. The van der Waals surface area contributed by atoms with Gasteiger partial charge in [0, 0.05) is 18.2 Å². The van der Waals surface area contributed by atoms with Gasteiger partial charge in [-0.3, -0.25) is 0 Å². The van der Waals surface area contributed by atoms with Crippen molar-refractivity contribution in [3.8, 4) is 0 Å². The smallest absolute Gasteiger partial charge is 0.0646 e. The molecule has 0 aliphatic carbocycles. The molecular formula is C13H25NO. The Bertz CT molecular complexity index is 185. The first-order valence-corrected chi connectivity index (χ1v) is 6.16. The lowest BCUT2D eigenvalue weighted by Crippen LogP contribution is -2.48. The van der Waals surface area contributed by atoms with Crippen molar-refractivity contribution in [2.45, 2.75) is 57.5 Å². The molecule has 0 spiro atoms. The minimum atomic E-state index is 0.209. The number of allylic oxidation sites excluding steroid dienone is 1. The molecule has 0 amide bonds. The molecule has 2 nitrogen and oxygen atoms in total. The lowest BCUT2D eigenvalue weighted by molar-refractivity contribution is 0.164. The molecule has 0 radical (unpaired) electrons. The zero-order valence-corrected chi connectivity index (χ0v) is 10.2. The van der Waals surface area contributed by atoms with Crippen molar-refractivity contribution in [1.29, 1.82) is 0 Å². The number of hydrogen-bond donors (Lipinski definition) is 1. The summed E-state index contributed by atoms with van der Waals surface area (Å²) in [6.07, 6.45) is 7.95. The van der Waals surface area contributed by atoms with E-state index >= 15 is 0 Å². The van der Waals surface area contributed by atoms with E-state index in [1.807, 2.05) is 6.08 Å². The third-order valence-corrected chi connectivity index (χ3v) is 3.13. The fourth-order valence-corrected chi connectivity index (χ4v) is 2.23. The molecule has 1 rings (SSSR count). The molecule has 1 aliphatic rings. The molecule has 0 saturated carbocycles. The molecule has 1 fully saturated rings. The van der Waals surface area contributed by atoms with Crippen LogP contribution in [0.2, 0.25) is 0 Å². The minimum Gasteiger partial charge on any atom is -0.379 e. The van der Waals surface area contributed by atoms with E-state index in [9.17, 15) is 0 Å². The standard InChI is InChI=1S/C13H25NO/c1-4-6-8-12(7-5-2)14-13(3)9-10-15-11-13/h4,12,14H,1,5-11H2,2-3H3. The lowest BCUT2D eigenvalue weighted by Gasteiger charge is -2.30. The van der Waals surface area contributed by atoms with Crippen molar-refractivity contribution < 1.29 is 4.74 Å². The zero-order valence-electron chi connectivity index (χ0n) is 10.2. The number of hydrogen-bond acceptors (Lipinski definition) is 2. The molecule has 0 aromatic carbocycles. The number of nitrogens with one attached hydrogen (secondary N) is 1. The molecule has 0 aromatic heterocycles. The molecule has 0 aromatic rings. The van der Waals surface area contributed by atoms with E-state index < -0.39 is 0 Å². The topological polar surface area (TPSA) is 21.3 Å². The van der Waals surface area contributed by atoms with Crippen molar-refractivity contribution in [2.75, 3.05) is 13.2 Å². The highest BCUT2D eigenvalue weighted by molar-refractivity contribution is 4.90. The molecule has 2 atom stereocenters. The highest BCUT2D eigenvalue weighted by Crippen LogP contribution is 2.20. The fraction of sp³-hybridized carbons (Fsp3) is 0.846. The van der Waals surface area contributed by atoms with Crippen LogP contribution in [-0.4, -0.2) is 24.8 Å². The van der Waals surface area contributed by atoms with E-state index in [1.54, 1.807) is 0 Å².